The summed E-state index contributed by atoms with van der Waals surface area (Å²) in [6.45, 7) is 5.15. The summed E-state index contributed by atoms with van der Waals surface area (Å²) >= 11 is 5.00. The molecular formula is C9H27ClN2. The molecule has 0 atom stereocenters. The first-order valence-corrected chi connectivity index (χ1v) is 4.43. The van der Waals surface area contributed by atoms with Gasteiger partial charge in [0.2, 0.25) is 0 Å². The van der Waals surface area contributed by atoms with Gasteiger partial charge in [0.15, 0.2) is 0 Å². The normalized spacial score (nSPS) is 7.00. The van der Waals surface area contributed by atoms with Gasteiger partial charge in [0.1, 0.15) is 0 Å². The highest BCUT2D eigenvalue weighted by Crippen LogP contribution is 1.63. The lowest BCUT2D eigenvalue weighted by molar-refractivity contribution is 0.434. The molecule has 0 aliphatic heterocycles. The maximum atomic E-state index is 5.00. The lowest BCUT2D eigenvalue weighted by atomic mass is 10.7. The SMILES string of the molecule is C.CCCl.CCN(C)C.CNC. The van der Waals surface area contributed by atoms with Crippen LogP contribution in [0, 0.1) is 0 Å². The molecule has 1 N–H and O–H groups in total. The van der Waals surface area contributed by atoms with E-state index < -0.39 is 0 Å². The van der Waals surface area contributed by atoms with Crippen LogP contribution in [0.1, 0.15) is 21.3 Å². The van der Waals surface area contributed by atoms with E-state index in [1.807, 2.05) is 21.0 Å². The Hall–Kier alpha value is 0.210. The number of nitrogens with zero attached hydrogens (tertiary/aromatic N) is 1. The molecular weight excluding hydrogens is 172 g/mol. The van der Waals surface area contributed by atoms with E-state index in [2.05, 4.69) is 31.2 Å². The van der Waals surface area contributed by atoms with Crippen molar-refractivity contribution in [2.24, 2.45) is 0 Å². The smallest absolute Gasteiger partial charge is 0.0195 e. The molecule has 0 unspecified atom stereocenters. The standard InChI is InChI=1S/C4H11N.C2H5Cl.C2H7N.CH4/c1-4-5(2)3;1-2-3;1-3-2;/h4H2,1-3H3;2H2,1H3;3H,1-2H3;1H4. The topological polar surface area (TPSA) is 15.3 Å². The molecule has 0 rings (SSSR count). The Morgan fingerprint density at radius 1 is 1.17 bits per heavy atom. The molecule has 0 amide bonds. The summed E-state index contributed by atoms with van der Waals surface area (Å²) in [4.78, 5) is 2.12. The van der Waals surface area contributed by atoms with E-state index in [4.69, 9.17) is 11.6 Å². The summed E-state index contributed by atoms with van der Waals surface area (Å²) < 4.78 is 0. The maximum Gasteiger partial charge on any atom is 0.0195 e. The van der Waals surface area contributed by atoms with Crippen LogP contribution in [0.3, 0.4) is 0 Å². The van der Waals surface area contributed by atoms with Gasteiger partial charge in [-0.25, -0.2) is 0 Å². The zero-order chi connectivity index (χ0) is 9.70. The Labute approximate surface area is 84.3 Å². The van der Waals surface area contributed by atoms with Gasteiger partial charge in [-0.2, -0.15) is 0 Å². The fraction of sp³-hybridized carbons (Fsp3) is 1.00. The average Bonchev–Trinajstić information content (AvgIpc) is 1.91. The molecule has 0 radical (unpaired) electrons. The molecule has 0 aromatic heterocycles. The van der Waals surface area contributed by atoms with Gasteiger partial charge in [-0.05, 0) is 34.7 Å². The van der Waals surface area contributed by atoms with Crippen LogP contribution in [-0.2, 0) is 0 Å². The first-order valence-electron chi connectivity index (χ1n) is 3.89. The Morgan fingerprint density at radius 2 is 1.25 bits per heavy atom. The van der Waals surface area contributed by atoms with Gasteiger partial charge in [0.25, 0.3) is 0 Å². The molecule has 3 heteroatoms. The molecule has 0 saturated carbocycles. The van der Waals surface area contributed by atoms with Gasteiger partial charge in [-0.3, -0.25) is 0 Å². The number of hydrogen-bond acceptors (Lipinski definition) is 2. The summed E-state index contributed by atoms with van der Waals surface area (Å²) in [5.74, 6) is 0.722. The van der Waals surface area contributed by atoms with Crippen LogP contribution < -0.4 is 5.32 Å². The minimum Gasteiger partial charge on any atom is -0.323 e. The van der Waals surface area contributed by atoms with Crippen molar-refractivity contribution in [3.8, 4) is 0 Å². The van der Waals surface area contributed by atoms with Gasteiger partial charge in [0.05, 0.1) is 0 Å². The van der Waals surface area contributed by atoms with E-state index in [0.717, 1.165) is 12.4 Å². The van der Waals surface area contributed by atoms with Crippen LogP contribution >= 0.6 is 11.6 Å². The van der Waals surface area contributed by atoms with Crippen molar-refractivity contribution in [1.82, 2.24) is 10.2 Å². The van der Waals surface area contributed by atoms with Crippen molar-refractivity contribution in [3.05, 3.63) is 0 Å². The first-order chi connectivity index (χ1) is 5.10. The van der Waals surface area contributed by atoms with Crippen molar-refractivity contribution < 1.29 is 0 Å². The summed E-state index contributed by atoms with van der Waals surface area (Å²) in [6, 6.07) is 0. The molecule has 0 aliphatic rings. The second-order valence-corrected chi connectivity index (χ2v) is 2.70. The summed E-state index contributed by atoms with van der Waals surface area (Å²) in [5, 5.41) is 2.75. The molecule has 0 aromatic carbocycles. The molecule has 0 heterocycles. The molecule has 80 valence electrons. The zero-order valence-corrected chi connectivity index (χ0v) is 9.50. The van der Waals surface area contributed by atoms with Crippen LogP contribution in [0.2, 0.25) is 0 Å². The third-order valence-corrected chi connectivity index (χ3v) is 0.632. The Kier molecular flexibility index (Phi) is 57.5. The molecule has 2 nitrogen and oxygen atoms in total. The average molecular weight is 199 g/mol. The van der Waals surface area contributed by atoms with Crippen LogP contribution in [0.25, 0.3) is 0 Å². The fourth-order valence-corrected chi connectivity index (χ4v) is 0. The minimum atomic E-state index is 0. The van der Waals surface area contributed by atoms with Crippen molar-refractivity contribution in [2.75, 3.05) is 40.6 Å². The van der Waals surface area contributed by atoms with E-state index in [1.54, 1.807) is 0 Å². The molecule has 0 spiro atoms. The number of alkyl halides is 1. The highest BCUT2D eigenvalue weighted by Gasteiger charge is 1.72. The molecule has 12 heavy (non-hydrogen) atoms. The third kappa shape index (κ3) is 177. The van der Waals surface area contributed by atoms with Gasteiger partial charge in [-0.15, -0.1) is 11.6 Å². The van der Waals surface area contributed by atoms with Crippen LogP contribution in [-0.4, -0.2) is 45.5 Å². The highest BCUT2D eigenvalue weighted by atomic mass is 35.5. The number of halogens is 1. The van der Waals surface area contributed by atoms with Crippen molar-refractivity contribution in [3.63, 3.8) is 0 Å². The Balaban J connectivity index is -0.0000000406. The minimum absolute atomic E-state index is 0. The number of hydrogen-bond donors (Lipinski definition) is 1. The lowest BCUT2D eigenvalue weighted by Gasteiger charge is -2.00. The second kappa shape index (κ2) is 30.3. The van der Waals surface area contributed by atoms with E-state index in [0.29, 0.717) is 0 Å². The largest absolute Gasteiger partial charge is 0.323 e. The lowest BCUT2D eigenvalue weighted by Crippen LogP contribution is -2.08. The first kappa shape index (κ1) is 22.8. The zero-order valence-electron chi connectivity index (χ0n) is 8.74. The predicted octanol–water partition coefficient (Wildman–Crippen LogP) is 2.28. The van der Waals surface area contributed by atoms with Crippen molar-refractivity contribution >= 4 is 11.6 Å². The number of nitrogens with one attached hydrogen (secondary N) is 1. The van der Waals surface area contributed by atoms with Crippen LogP contribution in [0.4, 0.5) is 0 Å². The monoisotopic (exact) mass is 198 g/mol. The Morgan fingerprint density at radius 3 is 1.25 bits per heavy atom. The van der Waals surface area contributed by atoms with E-state index >= 15 is 0 Å². The van der Waals surface area contributed by atoms with Gasteiger partial charge < -0.3 is 10.2 Å². The van der Waals surface area contributed by atoms with Gasteiger partial charge in [-0.1, -0.05) is 21.3 Å². The van der Waals surface area contributed by atoms with E-state index in [1.165, 1.54) is 0 Å². The van der Waals surface area contributed by atoms with E-state index in [9.17, 15) is 0 Å². The summed E-state index contributed by atoms with van der Waals surface area (Å²) in [7, 11) is 7.86. The number of rotatable bonds is 1. The van der Waals surface area contributed by atoms with Crippen LogP contribution in [0.5, 0.6) is 0 Å². The van der Waals surface area contributed by atoms with Crippen molar-refractivity contribution in [2.45, 2.75) is 21.3 Å². The molecule has 0 bridgehead atoms. The molecule has 0 aromatic rings. The second-order valence-electron chi connectivity index (χ2n) is 2.16. The molecule has 0 saturated heterocycles. The quantitative estimate of drug-likeness (QED) is 0.651. The molecule has 0 fully saturated rings. The van der Waals surface area contributed by atoms with Gasteiger partial charge in [0, 0.05) is 5.88 Å². The van der Waals surface area contributed by atoms with Gasteiger partial charge >= 0.3 is 0 Å². The Bertz CT molecular complexity index is 39.5. The molecule has 0 aliphatic carbocycles. The highest BCUT2D eigenvalue weighted by molar-refractivity contribution is 6.17. The summed E-state index contributed by atoms with van der Waals surface area (Å²) in [6.07, 6.45) is 0. The van der Waals surface area contributed by atoms with E-state index in [-0.39, 0.29) is 7.43 Å². The fourth-order valence-electron chi connectivity index (χ4n) is 0. The maximum absolute atomic E-state index is 5.00. The van der Waals surface area contributed by atoms with Crippen molar-refractivity contribution in [1.29, 1.82) is 0 Å². The third-order valence-electron chi connectivity index (χ3n) is 0.632. The predicted molar refractivity (Wildman–Crippen MR) is 62.3 cm³/mol. The summed E-state index contributed by atoms with van der Waals surface area (Å²) in [5.41, 5.74) is 0. The van der Waals surface area contributed by atoms with Crippen LogP contribution in [0.15, 0.2) is 0 Å².